The van der Waals surface area contributed by atoms with Gasteiger partial charge in [-0.15, -0.1) is 0 Å². The Balaban J connectivity index is 1.22. The number of aryl methyl sites for hydroxylation is 1. The van der Waals surface area contributed by atoms with Gasteiger partial charge in [-0.05, 0) is 73.5 Å². The van der Waals surface area contributed by atoms with Gasteiger partial charge in [0.05, 0.1) is 11.9 Å². The normalized spacial score (nSPS) is 20.2. The quantitative estimate of drug-likeness (QED) is 0.161. The molecule has 5 amide bonds. The number of hydrogen-bond acceptors (Lipinski definition) is 8. The number of nitrogens with one attached hydrogen (secondary N) is 3. The molecule has 2 heterocycles. The number of carbonyl (C=O) groups is 5. The van der Waals surface area contributed by atoms with Gasteiger partial charge in [0.1, 0.15) is 18.1 Å². The molecule has 1 aromatic rings. The number of benzene rings is 1. The molecular formula is C36H55N5O9S. The molecule has 4 rings (SSSR count). The lowest BCUT2D eigenvalue weighted by atomic mass is 9.80. The van der Waals surface area contributed by atoms with Crippen molar-refractivity contribution in [2.75, 3.05) is 19.7 Å². The van der Waals surface area contributed by atoms with E-state index >= 15 is 0 Å². The fourth-order valence-electron chi connectivity index (χ4n) is 7.17. The van der Waals surface area contributed by atoms with Crippen molar-refractivity contribution < 1.29 is 42.2 Å². The number of fused-ring (bicyclic) bond motifs is 1. The van der Waals surface area contributed by atoms with Crippen molar-refractivity contribution in [3.05, 3.63) is 34.9 Å². The molecule has 0 bridgehead atoms. The van der Waals surface area contributed by atoms with Crippen LogP contribution in [0.1, 0.15) is 109 Å². The maximum Gasteiger partial charge on any atom is 0.407 e. The Morgan fingerprint density at radius 1 is 1.04 bits per heavy atom. The van der Waals surface area contributed by atoms with Crippen LogP contribution < -0.4 is 15.4 Å². The molecule has 1 saturated carbocycles. The van der Waals surface area contributed by atoms with Gasteiger partial charge in [0.2, 0.25) is 21.8 Å². The van der Waals surface area contributed by atoms with E-state index < -0.39 is 56.8 Å². The third-order valence-electron chi connectivity index (χ3n) is 10.9. The van der Waals surface area contributed by atoms with Gasteiger partial charge in [-0.1, -0.05) is 71.6 Å². The average molecular weight is 734 g/mol. The number of carboxylic acid groups (broad SMARTS) is 1. The van der Waals surface area contributed by atoms with Crippen molar-refractivity contribution >= 4 is 39.9 Å². The van der Waals surface area contributed by atoms with E-state index in [1.165, 1.54) is 15.4 Å². The number of amides is 5. The predicted molar refractivity (Wildman–Crippen MR) is 190 cm³/mol. The van der Waals surface area contributed by atoms with E-state index in [1.54, 1.807) is 13.8 Å². The predicted octanol–water partition coefficient (Wildman–Crippen LogP) is 4.06. The van der Waals surface area contributed by atoms with Crippen molar-refractivity contribution in [2.45, 2.75) is 128 Å². The fourth-order valence-corrected chi connectivity index (χ4v) is 8.54. The molecule has 3 aliphatic rings. The number of sulfonamides is 1. The van der Waals surface area contributed by atoms with Crippen molar-refractivity contribution in [3.63, 3.8) is 0 Å². The van der Waals surface area contributed by atoms with Crippen molar-refractivity contribution in [1.29, 1.82) is 0 Å². The number of alkyl carbamates (subject to hydrolysis) is 1. The molecule has 1 aromatic carbocycles. The molecule has 14 nitrogen and oxygen atoms in total. The van der Waals surface area contributed by atoms with E-state index in [9.17, 15) is 37.5 Å². The first-order chi connectivity index (χ1) is 24.3. The van der Waals surface area contributed by atoms with Crippen LogP contribution in [-0.2, 0) is 48.7 Å². The van der Waals surface area contributed by atoms with Crippen LogP contribution >= 0.6 is 0 Å². The molecule has 0 aromatic heterocycles. The highest BCUT2D eigenvalue weighted by molar-refractivity contribution is 7.91. The summed E-state index contributed by atoms with van der Waals surface area (Å²) >= 11 is 0. The number of unbranched alkanes of at least 4 members (excludes halogenated alkanes) is 3. The maximum atomic E-state index is 13.8. The molecule has 2 fully saturated rings. The minimum atomic E-state index is -3.84. The summed E-state index contributed by atoms with van der Waals surface area (Å²) < 4.78 is 32.8. The number of rotatable bonds is 18. The van der Waals surface area contributed by atoms with Crippen LogP contribution in [0.5, 0.6) is 0 Å². The number of carbonyl (C=O) groups excluding carboxylic acids is 4. The van der Waals surface area contributed by atoms with E-state index in [2.05, 4.69) is 15.4 Å². The Kier molecular flexibility index (Phi) is 13.7. The van der Waals surface area contributed by atoms with Gasteiger partial charge >= 0.3 is 12.2 Å². The zero-order valence-corrected chi connectivity index (χ0v) is 31.2. The number of nitrogens with zero attached hydrogens (tertiary/aromatic N) is 2. The molecular weight excluding hydrogens is 678 g/mol. The Morgan fingerprint density at radius 3 is 2.41 bits per heavy atom. The summed E-state index contributed by atoms with van der Waals surface area (Å²) in [5.41, 5.74) is 1.85. The summed E-state index contributed by atoms with van der Waals surface area (Å²) in [4.78, 5) is 67.3. The Labute approximate surface area is 301 Å². The van der Waals surface area contributed by atoms with Crippen LogP contribution in [0.3, 0.4) is 0 Å². The minimum absolute atomic E-state index is 0.0441. The highest BCUT2D eigenvalue weighted by Gasteiger charge is 2.49. The monoisotopic (exact) mass is 733 g/mol. The largest absolute Gasteiger partial charge is 0.465 e. The number of hydrogen-bond donors (Lipinski definition) is 4. The molecule has 1 aliphatic carbocycles. The molecule has 51 heavy (non-hydrogen) atoms. The number of ether oxygens (including phenoxy) is 1. The SMILES string of the molecule is CCC1CC(C(=O)NC(CC)(C(=O)NS(=O)(=O)C2CC2)C(C)CC)N(C(=O)CNC(=O)OCCCCCCc2cccc3c2CN(C(=O)O)C3)C1. The summed E-state index contributed by atoms with van der Waals surface area (Å²) in [6.45, 7) is 8.34. The number of likely N-dealkylation sites (tertiary alicyclic amines) is 1. The fraction of sp³-hybridized carbons (Fsp3) is 0.694. The standard InChI is InChI=1S/C36H55N5O9S/c1-5-24(4)36(7-3,33(44)39-51(48,49)28-16-17-28)38-32(43)30-19-25(6-2)21-41(30)31(42)20-37-34(45)50-18-11-9-8-10-13-26-14-12-15-27-22-40(35(46)47)23-29(26)27/h12,14-15,24-25,28,30H,5-11,13,16-23H2,1-4H3,(H,37,45)(H,38,43)(H,39,44)(H,46,47). The van der Waals surface area contributed by atoms with Crippen LogP contribution in [0.15, 0.2) is 18.2 Å². The van der Waals surface area contributed by atoms with Crippen LogP contribution in [0, 0.1) is 11.8 Å². The van der Waals surface area contributed by atoms with Crippen molar-refractivity contribution in [1.82, 2.24) is 25.2 Å². The Hall–Kier alpha value is -3.88. The second-order valence-corrected chi connectivity index (χ2v) is 16.2. The van der Waals surface area contributed by atoms with E-state index in [1.807, 2.05) is 32.0 Å². The lowest BCUT2D eigenvalue weighted by Gasteiger charge is -2.39. The van der Waals surface area contributed by atoms with E-state index in [4.69, 9.17) is 4.74 Å². The molecule has 2 aliphatic heterocycles. The Morgan fingerprint density at radius 2 is 1.76 bits per heavy atom. The molecule has 1 saturated heterocycles. The van der Waals surface area contributed by atoms with Crippen LogP contribution in [-0.4, -0.2) is 89.8 Å². The third-order valence-corrected chi connectivity index (χ3v) is 12.7. The maximum absolute atomic E-state index is 13.8. The van der Waals surface area contributed by atoms with E-state index in [0.717, 1.165) is 43.2 Å². The van der Waals surface area contributed by atoms with Crippen LogP contribution in [0.25, 0.3) is 0 Å². The Bertz CT molecular complexity index is 1550. The lowest BCUT2D eigenvalue weighted by Crippen LogP contribution is -2.65. The van der Waals surface area contributed by atoms with Gasteiger partial charge < -0.3 is 25.4 Å². The summed E-state index contributed by atoms with van der Waals surface area (Å²) in [7, 11) is -3.84. The zero-order chi connectivity index (χ0) is 37.3. The molecule has 4 unspecified atom stereocenters. The van der Waals surface area contributed by atoms with Crippen molar-refractivity contribution in [3.8, 4) is 0 Å². The first-order valence-corrected chi connectivity index (χ1v) is 20.0. The first kappa shape index (κ1) is 39.9. The van der Waals surface area contributed by atoms with Gasteiger partial charge in [0.15, 0.2) is 0 Å². The molecule has 284 valence electrons. The first-order valence-electron chi connectivity index (χ1n) is 18.4. The molecule has 0 spiro atoms. The minimum Gasteiger partial charge on any atom is -0.465 e. The van der Waals surface area contributed by atoms with Crippen molar-refractivity contribution in [2.24, 2.45) is 11.8 Å². The molecule has 0 radical (unpaired) electrons. The highest BCUT2D eigenvalue weighted by atomic mass is 32.2. The molecule has 4 N–H and O–H groups in total. The smallest absolute Gasteiger partial charge is 0.407 e. The lowest BCUT2D eigenvalue weighted by molar-refractivity contribution is -0.141. The average Bonchev–Trinajstić information content (AvgIpc) is 3.74. The van der Waals surface area contributed by atoms with Gasteiger partial charge in [-0.2, -0.15) is 0 Å². The van der Waals surface area contributed by atoms with Gasteiger partial charge in [-0.25, -0.2) is 18.0 Å². The second-order valence-electron chi connectivity index (χ2n) is 14.2. The summed E-state index contributed by atoms with van der Waals surface area (Å²) in [5, 5.41) is 14.1. The van der Waals surface area contributed by atoms with E-state index in [0.29, 0.717) is 51.7 Å². The second kappa shape index (κ2) is 17.6. The third kappa shape index (κ3) is 9.92. The van der Waals surface area contributed by atoms with E-state index in [-0.39, 0.29) is 31.4 Å². The van der Waals surface area contributed by atoms with Gasteiger partial charge in [-0.3, -0.25) is 24.0 Å². The molecule has 4 atom stereocenters. The summed E-state index contributed by atoms with van der Waals surface area (Å²) in [6.07, 6.45) is 5.30. The van der Waals surface area contributed by atoms with Crippen LogP contribution in [0.4, 0.5) is 9.59 Å². The van der Waals surface area contributed by atoms with Gasteiger partial charge in [0.25, 0.3) is 5.91 Å². The van der Waals surface area contributed by atoms with Crippen LogP contribution in [0.2, 0.25) is 0 Å². The molecule has 15 heteroatoms. The summed E-state index contributed by atoms with van der Waals surface area (Å²) in [6, 6.07) is 5.11. The topological polar surface area (TPSA) is 192 Å². The van der Waals surface area contributed by atoms with Gasteiger partial charge in [0, 0.05) is 19.6 Å². The summed E-state index contributed by atoms with van der Waals surface area (Å²) in [5.74, 6) is -2.08. The highest BCUT2D eigenvalue weighted by Crippen LogP contribution is 2.32. The zero-order valence-electron chi connectivity index (χ0n) is 30.4.